The highest BCUT2D eigenvalue weighted by Crippen LogP contribution is 2.36. The molecule has 0 heterocycles. The monoisotopic (exact) mass is 182 g/mol. The maximum atomic E-state index is 9.87. The predicted octanol–water partition coefficient (Wildman–Crippen LogP) is 2.85. The molecule has 1 aliphatic carbocycles. The summed E-state index contributed by atoms with van der Waals surface area (Å²) >= 11 is 0. The van der Waals surface area contributed by atoms with Crippen LogP contribution in [0.2, 0.25) is 0 Å². The number of hydrogen-bond acceptors (Lipinski definition) is 1. The molecule has 3 atom stereocenters. The molecule has 0 bridgehead atoms. The molecule has 1 heteroatoms. The molecule has 1 aliphatic rings. The summed E-state index contributed by atoms with van der Waals surface area (Å²) in [5, 5.41) is 9.87. The van der Waals surface area contributed by atoms with Gasteiger partial charge < -0.3 is 5.11 Å². The summed E-state index contributed by atoms with van der Waals surface area (Å²) in [6.07, 6.45) is 5.01. The molecule has 0 spiro atoms. The lowest BCUT2D eigenvalue weighted by Crippen LogP contribution is -2.35. The minimum atomic E-state index is -0.221. The maximum Gasteiger partial charge on any atom is 0.0754 e. The first-order valence-electron chi connectivity index (χ1n) is 5.38. The second-order valence-electron chi connectivity index (χ2n) is 4.88. The largest absolute Gasteiger partial charge is 0.389 e. The van der Waals surface area contributed by atoms with Gasteiger partial charge in [0.25, 0.3) is 0 Å². The topological polar surface area (TPSA) is 20.2 Å². The van der Waals surface area contributed by atoms with Crippen LogP contribution in [0.1, 0.15) is 34.1 Å². The molecule has 0 aromatic rings. The van der Waals surface area contributed by atoms with Gasteiger partial charge in [0.1, 0.15) is 0 Å². The average Bonchev–Trinajstić information content (AvgIpc) is 2.02. The first-order valence-corrected chi connectivity index (χ1v) is 5.38. The van der Waals surface area contributed by atoms with Crippen molar-refractivity contribution in [3.05, 3.63) is 12.2 Å². The second-order valence-corrected chi connectivity index (χ2v) is 4.88. The third-order valence-electron chi connectivity index (χ3n) is 3.26. The standard InChI is InChI=1S/C12H22O/c1-8(2)10-6-5-7-11(13)12(10)9(3)4/h5,7-13H,6H2,1-4H3. The van der Waals surface area contributed by atoms with E-state index in [1.165, 1.54) is 0 Å². The molecule has 76 valence electrons. The van der Waals surface area contributed by atoms with Crippen molar-refractivity contribution in [2.45, 2.75) is 40.2 Å². The average molecular weight is 182 g/mol. The zero-order valence-corrected chi connectivity index (χ0v) is 9.20. The van der Waals surface area contributed by atoms with Gasteiger partial charge in [-0.25, -0.2) is 0 Å². The van der Waals surface area contributed by atoms with Gasteiger partial charge in [-0.2, -0.15) is 0 Å². The summed E-state index contributed by atoms with van der Waals surface area (Å²) in [7, 11) is 0. The van der Waals surface area contributed by atoms with Crippen molar-refractivity contribution in [3.63, 3.8) is 0 Å². The number of aliphatic hydroxyl groups excluding tert-OH is 1. The molecule has 1 rings (SSSR count). The van der Waals surface area contributed by atoms with Gasteiger partial charge in [0.2, 0.25) is 0 Å². The van der Waals surface area contributed by atoms with Crippen LogP contribution in [0.4, 0.5) is 0 Å². The Morgan fingerprint density at radius 3 is 2.15 bits per heavy atom. The molecule has 0 radical (unpaired) electrons. The van der Waals surface area contributed by atoms with Crippen LogP contribution in [0.25, 0.3) is 0 Å². The normalized spacial score (nSPS) is 34.5. The highest BCUT2D eigenvalue weighted by Gasteiger charge is 2.33. The molecule has 0 saturated carbocycles. The number of allylic oxidation sites excluding steroid dienone is 1. The van der Waals surface area contributed by atoms with Gasteiger partial charge in [-0.15, -0.1) is 0 Å². The Hall–Kier alpha value is -0.300. The van der Waals surface area contributed by atoms with Crippen molar-refractivity contribution in [1.82, 2.24) is 0 Å². The summed E-state index contributed by atoms with van der Waals surface area (Å²) < 4.78 is 0. The van der Waals surface area contributed by atoms with E-state index in [2.05, 4.69) is 33.8 Å². The molecule has 0 fully saturated rings. The third-order valence-corrected chi connectivity index (χ3v) is 3.26. The molecular weight excluding hydrogens is 160 g/mol. The van der Waals surface area contributed by atoms with Crippen LogP contribution in [0.5, 0.6) is 0 Å². The Morgan fingerprint density at radius 2 is 1.77 bits per heavy atom. The van der Waals surface area contributed by atoms with Crippen LogP contribution in [0.3, 0.4) is 0 Å². The maximum absolute atomic E-state index is 9.87. The van der Waals surface area contributed by atoms with E-state index < -0.39 is 0 Å². The van der Waals surface area contributed by atoms with E-state index in [9.17, 15) is 5.11 Å². The number of hydrogen-bond donors (Lipinski definition) is 1. The molecular formula is C12H22O. The molecule has 13 heavy (non-hydrogen) atoms. The highest BCUT2D eigenvalue weighted by molar-refractivity contribution is 5.02. The number of aliphatic hydroxyl groups is 1. The summed E-state index contributed by atoms with van der Waals surface area (Å²) in [5.41, 5.74) is 0. The molecule has 1 N–H and O–H groups in total. The first kappa shape index (κ1) is 10.8. The van der Waals surface area contributed by atoms with Gasteiger partial charge in [-0.05, 0) is 30.1 Å². The van der Waals surface area contributed by atoms with Crippen LogP contribution in [0.15, 0.2) is 12.2 Å². The van der Waals surface area contributed by atoms with Gasteiger partial charge in [-0.1, -0.05) is 39.8 Å². The van der Waals surface area contributed by atoms with E-state index in [0.717, 1.165) is 6.42 Å². The number of rotatable bonds is 2. The highest BCUT2D eigenvalue weighted by atomic mass is 16.3. The van der Waals surface area contributed by atoms with Gasteiger partial charge >= 0.3 is 0 Å². The van der Waals surface area contributed by atoms with E-state index in [-0.39, 0.29) is 6.10 Å². The molecule has 0 aromatic carbocycles. The zero-order valence-electron chi connectivity index (χ0n) is 9.20. The minimum absolute atomic E-state index is 0.221. The second kappa shape index (κ2) is 4.28. The van der Waals surface area contributed by atoms with Crippen molar-refractivity contribution in [2.75, 3.05) is 0 Å². The molecule has 0 amide bonds. The SMILES string of the molecule is CC(C)C1CC=CC(O)C1C(C)C. The van der Waals surface area contributed by atoms with Crippen LogP contribution >= 0.6 is 0 Å². The summed E-state index contributed by atoms with van der Waals surface area (Å²) in [6, 6.07) is 0. The van der Waals surface area contributed by atoms with Gasteiger partial charge in [0, 0.05) is 0 Å². The molecule has 0 aliphatic heterocycles. The quantitative estimate of drug-likeness (QED) is 0.651. The fourth-order valence-electron chi connectivity index (χ4n) is 2.52. The van der Waals surface area contributed by atoms with E-state index in [1.807, 2.05) is 6.08 Å². The van der Waals surface area contributed by atoms with Crippen LogP contribution in [-0.2, 0) is 0 Å². The summed E-state index contributed by atoms with van der Waals surface area (Å²) in [4.78, 5) is 0. The lowest BCUT2D eigenvalue weighted by molar-refractivity contribution is 0.0513. The predicted molar refractivity (Wildman–Crippen MR) is 56.4 cm³/mol. The summed E-state index contributed by atoms with van der Waals surface area (Å²) in [6.45, 7) is 8.93. The van der Waals surface area contributed by atoms with Gasteiger partial charge in [0.15, 0.2) is 0 Å². The van der Waals surface area contributed by atoms with Crippen molar-refractivity contribution in [1.29, 1.82) is 0 Å². The minimum Gasteiger partial charge on any atom is -0.389 e. The van der Waals surface area contributed by atoms with E-state index >= 15 is 0 Å². The Morgan fingerprint density at radius 1 is 1.15 bits per heavy atom. The zero-order chi connectivity index (χ0) is 10.0. The van der Waals surface area contributed by atoms with Crippen molar-refractivity contribution in [3.8, 4) is 0 Å². The van der Waals surface area contributed by atoms with E-state index in [1.54, 1.807) is 0 Å². The Labute approximate surface area is 81.9 Å². The van der Waals surface area contributed by atoms with Gasteiger partial charge in [-0.3, -0.25) is 0 Å². The molecule has 0 saturated heterocycles. The van der Waals surface area contributed by atoms with Crippen LogP contribution < -0.4 is 0 Å². The lowest BCUT2D eigenvalue weighted by atomic mass is 9.70. The van der Waals surface area contributed by atoms with E-state index in [4.69, 9.17) is 0 Å². The molecule has 3 unspecified atom stereocenters. The van der Waals surface area contributed by atoms with Crippen molar-refractivity contribution in [2.24, 2.45) is 23.7 Å². The van der Waals surface area contributed by atoms with Crippen molar-refractivity contribution >= 4 is 0 Å². The van der Waals surface area contributed by atoms with Crippen LogP contribution in [0, 0.1) is 23.7 Å². The summed E-state index contributed by atoms with van der Waals surface area (Å²) in [5.74, 6) is 2.35. The third kappa shape index (κ3) is 2.34. The van der Waals surface area contributed by atoms with Crippen LogP contribution in [-0.4, -0.2) is 11.2 Å². The first-order chi connectivity index (χ1) is 6.04. The fraction of sp³-hybridized carbons (Fsp3) is 0.833. The van der Waals surface area contributed by atoms with Crippen molar-refractivity contribution < 1.29 is 5.11 Å². The lowest BCUT2D eigenvalue weighted by Gasteiger charge is -2.37. The molecule has 1 nitrogen and oxygen atoms in total. The Bertz CT molecular complexity index is 182. The van der Waals surface area contributed by atoms with E-state index in [0.29, 0.717) is 23.7 Å². The smallest absolute Gasteiger partial charge is 0.0754 e. The Balaban J connectivity index is 2.77. The Kier molecular flexibility index (Phi) is 3.55. The van der Waals surface area contributed by atoms with Gasteiger partial charge in [0.05, 0.1) is 6.10 Å². The fourth-order valence-corrected chi connectivity index (χ4v) is 2.52. The molecule has 0 aromatic heterocycles.